The quantitative estimate of drug-likeness (QED) is 0.252. The number of carbonyl (C=O) groups is 1. The molecule has 0 bridgehead atoms. The van der Waals surface area contributed by atoms with Gasteiger partial charge >= 0.3 is 5.97 Å². The molecule has 0 radical (unpaired) electrons. The molecule has 0 fully saturated rings. The zero-order valence-electron chi connectivity index (χ0n) is 15.6. The Bertz CT molecular complexity index is 334. The van der Waals surface area contributed by atoms with Gasteiger partial charge in [0.25, 0.3) is 0 Å². The number of allylic oxidation sites excluding steroid dienone is 4. The summed E-state index contributed by atoms with van der Waals surface area (Å²) in [6, 6.07) is 0. The molecule has 0 aliphatic heterocycles. The van der Waals surface area contributed by atoms with Gasteiger partial charge in [-0.25, -0.2) is 0 Å². The van der Waals surface area contributed by atoms with E-state index in [1.165, 1.54) is 38.5 Å². The van der Waals surface area contributed by atoms with Crippen LogP contribution in [0.5, 0.6) is 0 Å². The zero-order valence-corrected chi connectivity index (χ0v) is 15.6. The number of hydrogen-bond acceptors (Lipinski definition) is 2. The normalized spacial score (nSPS) is 13.1. The van der Waals surface area contributed by atoms with Crippen LogP contribution in [0.25, 0.3) is 0 Å². The van der Waals surface area contributed by atoms with Crippen molar-refractivity contribution < 1.29 is 15.0 Å². The van der Waals surface area contributed by atoms with Crippen LogP contribution in [0.15, 0.2) is 24.3 Å². The van der Waals surface area contributed by atoms with Gasteiger partial charge in [0.05, 0.1) is 6.10 Å². The highest BCUT2D eigenvalue weighted by Crippen LogP contribution is 2.09. The number of carboxylic acid groups (broad SMARTS) is 1. The maximum absolute atomic E-state index is 10.3. The van der Waals surface area contributed by atoms with E-state index in [9.17, 15) is 9.90 Å². The van der Waals surface area contributed by atoms with Gasteiger partial charge in [0, 0.05) is 6.42 Å². The highest BCUT2D eigenvalue weighted by Gasteiger charge is 1.97. The molecule has 24 heavy (non-hydrogen) atoms. The lowest BCUT2D eigenvalue weighted by molar-refractivity contribution is -0.137. The Labute approximate surface area is 148 Å². The van der Waals surface area contributed by atoms with E-state index in [-0.39, 0.29) is 12.5 Å². The van der Waals surface area contributed by atoms with Crippen LogP contribution in [0.4, 0.5) is 0 Å². The van der Waals surface area contributed by atoms with Crippen molar-refractivity contribution in [2.75, 3.05) is 0 Å². The van der Waals surface area contributed by atoms with Crippen LogP contribution in [0.3, 0.4) is 0 Å². The zero-order chi connectivity index (χ0) is 17.9. The van der Waals surface area contributed by atoms with Crippen LogP contribution >= 0.6 is 0 Å². The summed E-state index contributed by atoms with van der Waals surface area (Å²) in [7, 11) is 0. The molecule has 0 spiro atoms. The van der Waals surface area contributed by atoms with Gasteiger partial charge in [0.2, 0.25) is 0 Å². The number of hydrogen-bond donors (Lipinski definition) is 2. The second-order valence-electron chi connectivity index (χ2n) is 6.57. The third-order valence-corrected chi connectivity index (χ3v) is 4.22. The smallest absolute Gasteiger partial charge is 0.303 e. The lowest BCUT2D eigenvalue weighted by Gasteiger charge is -2.04. The molecule has 0 unspecified atom stereocenters. The summed E-state index contributed by atoms with van der Waals surface area (Å²) in [5, 5.41) is 18.0. The summed E-state index contributed by atoms with van der Waals surface area (Å²) in [5.41, 5.74) is 0. The summed E-state index contributed by atoms with van der Waals surface area (Å²) in [5.74, 6) is -0.700. The average molecular weight is 339 g/mol. The maximum Gasteiger partial charge on any atom is 0.303 e. The van der Waals surface area contributed by atoms with Crippen LogP contribution in [0, 0.1) is 0 Å². The Balaban J connectivity index is 3.19. The molecular formula is C21H38O3. The van der Waals surface area contributed by atoms with Crippen molar-refractivity contribution in [1.82, 2.24) is 0 Å². The Kier molecular flexibility index (Phi) is 17.4. The monoisotopic (exact) mass is 338 g/mol. The van der Waals surface area contributed by atoms with Gasteiger partial charge < -0.3 is 10.2 Å². The van der Waals surface area contributed by atoms with E-state index in [0.717, 1.165) is 44.9 Å². The van der Waals surface area contributed by atoms with Crippen molar-refractivity contribution in [3.8, 4) is 0 Å². The Hall–Kier alpha value is -1.09. The molecule has 0 saturated carbocycles. The number of aliphatic hydroxyl groups excluding tert-OH is 1. The van der Waals surface area contributed by atoms with Crippen molar-refractivity contribution >= 4 is 5.97 Å². The maximum atomic E-state index is 10.3. The van der Waals surface area contributed by atoms with Crippen LogP contribution < -0.4 is 0 Å². The first kappa shape index (κ1) is 22.9. The molecule has 3 nitrogen and oxygen atoms in total. The predicted molar refractivity (Wildman–Crippen MR) is 102 cm³/mol. The van der Waals surface area contributed by atoms with Gasteiger partial charge in [-0.3, -0.25) is 4.79 Å². The molecule has 140 valence electrons. The fourth-order valence-corrected chi connectivity index (χ4v) is 2.57. The molecule has 0 aromatic carbocycles. The molecule has 0 saturated heterocycles. The SMILES string of the molecule is CC[C@H](O)CCC/C=C\CCCCCCC/C=C\CCCC(=O)O. The van der Waals surface area contributed by atoms with Gasteiger partial charge in [-0.1, -0.05) is 50.5 Å². The lowest BCUT2D eigenvalue weighted by Crippen LogP contribution is -2.02. The van der Waals surface area contributed by atoms with E-state index in [1.54, 1.807) is 0 Å². The van der Waals surface area contributed by atoms with E-state index in [4.69, 9.17) is 5.11 Å². The number of unbranched alkanes of at least 4 members (excludes halogenated alkanes) is 8. The van der Waals surface area contributed by atoms with Crippen LogP contribution in [0.2, 0.25) is 0 Å². The van der Waals surface area contributed by atoms with E-state index in [1.807, 2.05) is 6.92 Å². The Morgan fingerprint density at radius 1 is 0.792 bits per heavy atom. The first-order valence-electron chi connectivity index (χ1n) is 9.86. The van der Waals surface area contributed by atoms with E-state index < -0.39 is 5.97 Å². The summed E-state index contributed by atoms with van der Waals surface area (Å²) in [6.45, 7) is 2.03. The average Bonchev–Trinajstić information content (AvgIpc) is 2.57. The molecule has 2 N–H and O–H groups in total. The summed E-state index contributed by atoms with van der Waals surface area (Å²) in [6.07, 6.45) is 23.4. The fraction of sp³-hybridized carbons (Fsp3) is 0.762. The standard InChI is InChI=1S/C21H38O3/c1-2-20(22)18-16-14-12-10-8-6-4-3-5-7-9-11-13-15-17-19-21(23)24/h10-13,20,22H,2-9,14-19H2,1H3,(H,23,24)/b12-10-,13-11-/t20-/m0/s1. The van der Waals surface area contributed by atoms with Crippen molar-refractivity contribution in [1.29, 1.82) is 0 Å². The second kappa shape index (κ2) is 18.3. The van der Waals surface area contributed by atoms with Gasteiger partial charge in [-0.05, 0) is 64.2 Å². The van der Waals surface area contributed by atoms with E-state index in [2.05, 4.69) is 24.3 Å². The number of aliphatic hydroxyl groups is 1. The van der Waals surface area contributed by atoms with Gasteiger partial charge in [-0.15, -0.1) is 0 Å². The minimum Gasteiger partial charge on any atom is -0.481 e. The third-order valence-electron chi connectivity index (χ3n) is 4.22. The van der Waals surface area contributed by atoms with Crippen molar-refractivity contribution in [3.05, 3.63) is 24.3 Å². The van der Waals surface area contributed by atoms with Gasteiger partial charge in [0.15, 0.2) is 0 Å². The molecule has 0 amide bonds. The molecule has 0 aromatic rings. The lowest BCUT2D eigenvalue weighted by atomic mass is 10.1. The topological polar surface area (TPSA) is 57.5 Å². The molecule has 0 heterocycles. The van der Waals surface area contributed by atoms with Crippen molar-refractivity contribution in [2.24, 2.45) is 0 Å². The summed E-state index contributed by atoms with van der Waals surface area (Å²) < 4.78 is 0. The molecular weight excluding hydrogens is 300 g/mol. The minimum atomic E-state index is -0.700. The van der Waals surface area contributed by atoms with Gasteiger partial charge in [0.1, 0.15) is 0 Å². The first-order valence-corrected chi connectivity index (χ1v) is 9.86. The molecule has 0 aromatic heterocycles. The van der Waals surface area contributed by atoms with E-state index in [0.29, 0.717) is 0 Å². The van der Waals surface area contributed by atoms with Crippen LogP contribution in [0.1, 0.15) is 96.8 Å². The summed E-state index contributed by atoms with van der Waals surface area (Å²) >= 11 is 0. The Morgan fingerprint density at radius 2 is 1.25 bits per heavy atom. The van der Waals surface area contributed by atoms with Crippen molar-refractivity contribution in [2.45, 2.75) is 103 Å². The van der Waals surface area contributed by atoms with Crippen LogP contribution in [-0.4, -0.2) is 22.3 Å². The predicted octanol–water partition coefficient (Wildman–Crippen LogP) is 6.03. The van der Waals surface area contributed by atoms with Crippen LogP contribution in [-0.2, 0) is 4.79 Å². The molecule has 3 heteroatoms. The molecule has 0 aliphatic carbocycles. The molecule has 0 rings (SSSR count). The second-order valence-corrected chi connectivity index (χ2v) is 6.57. The van der Waals surface area contributed by atoms with Crippen molar-refractivity contribution in [3.63, 3.8) is 0 Å². The molecule has 1 atom stereocenters. The van der Waals surface area contributed by atoms with E-state index >= 15 is 0 Å². The fourth-order valence-electron chi connectivity index (χ4n) is 2.57. The highest BCUT2D eigenvalue weighted by molar-refractivity contribution is 5.66. The Morgan fingerprint density at radius 3 is 1.75 bits per heavy atom. The third kappa shape index (κ3) is 19.0. The first-order chi connectivity index (χ1) is 11.7. The number of aliphatic carboxylic acids is 1. The molecule has 0 aliphatic rings. The minimum absolute atomic E-state index is 0.113. The summed E-state index contributed by atoms with van der Waals surface area (Å²) in [4.78, 5) is 10.3. The number of rotatable bonds is 17. The number of carboxylic acids is 1. The highest BCUT2D eigenvalue weighted by atomic mass is 16.4. The van der Waals surface area contributed by atoms with Gasteiger partial charge in [-0.2, -0.15) is 0 Å². The largest absolute Gasteiger partial charge is 0.481 e.